The van der Waals surface area contributed by atoms with Crippen molar-refractivity contribution in [2.24, 2.45) is 17.3 Å². The van der Waals surface area contributed by atoms with Gasteiger partial charge < -0.3 is 0 Å². The molecule has 1 aliphatic rings. The van der Waals surface area contributed by atoms with Gasteiger partial charge in [-0.2, -0.15) is 5.26 Å². The van der Waals surface area contributed by atoms with E-state index in [9.17, 15) is 17.6 Å². The van der Waals surface area contributed by atoms with Crippen molar-refractivity contribution < 1.29 is 17.6 Å². The second-order valence-corrected chi connectivity index (χ2v) is 6.48. The first-order valence-corrected chi connectivity index (χ1v) is 7.02. The van der Waals surface area contributed by atoms with Crippen molar-refractivity contribution in [3.05, 3.63) is 46.0 Å². The summed E-state index contributed by atoms with van der Waals surface area (Å²) in [6.07, 6.45) is 1.65. The molecule has 1 aromatic carbocycles. The minimum atomic E-state index is -1.34. The maximum Gasteiger partial charge on any atom is 0.165 e. The molecule has 118 valence electrons. The summed E-state index contributed by atoms with van der Waals surface area (Å²) < 4.78 is 55.1. The highest BCUT2D eigenvalue weighted by atomic mass is 19.2. The second kappa shape index (κ2) is 5.42. The molecule has 1 aliphatic carbocycles. The van der Waals surface area contributed by atoms with E-state index in [4.69, 9.17) is 5.26 Å². The Hall–Kier alpha value is -1.83. The molecule has 1 aromatic rings. The third kappa shape index (κ3) is 2.51. The van der Waals surface area contributed by atoms with Crippen molar-refractivity contribution >= 4 is 0 Å². The zero-order valence-electron chi connectivity index (χ0n) is 12.9. The van der Waals surface area contributed by atoms with Gasteiger partial charge in [-0.1, -0.05) is 19.9 Å². The van der Waals surface area contributed by atoms with Crippen LogP contribution in [-0.2, 0) is 6.42 Å². The standard InChI is InChI=1S/C17H17F4N/c1-8(7-22)5-11-12(17(11,3)4)6-10-15(20)13(18)9(2)14(19)16(10)21/h5,11-12H,6H2,1-4H3/t11-,12-/m1/s1. The van der Waals surface area contributed by atoms with Crippen molar-refractivity contribution in [3.8, 4) is 6.07 Å². The molecule has 0 aliphatic heterocycles. The first-order valence-electron chi connectivity index (χ1n) is 7.02. The summed E-state index contributed by atoms with van der Waals surface area (Å²) in [6, 6.07) is 2.00. The highest BCUT2D eigenvalue weighted by Crippen LogP contribution is 2.60. The Labute approximate surface area is 127 Å². The fourth-order valence-corrected chi connectivity index (χ4v) is 3.00. The summed E-state index contributed by atoms with van der Waals surface area (Å²) >= 11 is 0. The highest BCUT2D eigenvalue weighted by molar-refractivity contribution is 5.32. The smallest absolute Gasteiger partial charge is 0.165 e. The van der Waals surface area contributed by atoms with Gasteiger partial charge in [0.05, 0.1) is 6.07 Å². The number of allylic oxidation sites excluding steroid dienone is 2. The third-order valence-corrected chi connectivity index (χ3v) is 4.74. The van der Waals surface area contributed by atoms with Gasteiger partial charge in [0.15, 0.2) is 23.3 Å². The summed E-state index contributed by atoms with van der Waals surface area (Å²) in [7, 11) is 0. The number of rotatable bonds is 3. The number of hydrogen-bond acceptors (Lipinski definition) is 1. The summed E-state index contributed by atoms with van der Waals surface area (Å²) in [5.74, 6) is -5.53. The molecule has 0 aromatic heterocycles. The van der Waals surface area contributed by atoms with Crippen LogP contribution in [0.1, 0.15) is 31.9 Å². The summed E-state index contributed by atoms with van der Waals surface area (Å²) in [5.41, 5.74) is -0.952. The van der Waals surface area contributed by atoms with Gasteiger partial charge >= 0.3 is 0 Å². The molecule has 0 saturated heterocycles. The predicted octanol–water partition coefficient (Wildman–Crippen LogP) is 4.84. The normalized spacial score (nSPS) is 23.3. The van der Waals surface area contributed by atoms with E-state index < -0.39 is 34.4 Å². The van der Waals surface area contributed by atoms with E-state index in [1.807, 2.05) is 19.9 Å². The van der Waals surface area contributed by atoms with Crippen molar-refractivity contribution in [2.75, 3.05) is 0 Å². The molecule has 2 atom stereocenters. The molecule has 0 amide bonds. The van der Waals surface area contributed by atoms with Gasteiger partial charge in [0.2, 0.25) is 0 Å². The lowest BCUT2D eigenvalue weighted by atomic mass is 10.00. The minimum Gasteiger partial charge on any atom is -0.203 e. The molecule has 0 spiro atoms. The molecule has 0 radical (unpaired) electrons. The lowest BCUT2D eigenvalue weighted by Crippen LogP contribution is -2.08. The highest BCUT2D eigenvalue weighted by Gasteiger charge is 2.56. The summed E-state index contributed by atoms with van der Waals surface area (Å²) in [4.78, 5) is 0. The fourth-order valence-electron chi connectivity index (χ4n) is 3.00. The van der Waals surface area contributed by atoms with E-state index in [1.54, 1.807) is 13.0 Å². The van der Waals surface area contributed by atoms with Crippen LogP contribution in [0.5, 0.6) is 0 Å². The molecule has 0 bridgehead atoms. The number of benzene rings is 1. The zero-order chi connectivity index (χ0) is 16.8. The number of nitrogens with zero attached hydrogens (tertiary/aromatic N) is 1. The SMILES string of the molecule is CC(C#N)=C[C@@H]1[C@@H](Cc2c(F)c(F)c(C)c(F)c2F)C1(C)C. The number of halogens is 4. The number of nitriles is 1. The Balaban J connectivity index is 2.36. The first-order chi connectivity index (χ1) is 10.1. The predicted molar refractivity (Wildman–Crippen MR) is 74.8 cm³/mol. The van der Waals surface area contributed by atoms with Gasteiger partial charge in [-0.15, -0.1) is 0 Å². The number of hydrogen-bond donors (Lipinski definition) is 0. The van der Waals surface area contributed by atoms with Gasteiger partial charge in [0, 0.05) is 16.7 Å². The average molecular weight is 311 g/mol. The van der Waals surface area contributed by atoms with Crippen LogP contribution in [0.25, 0.3) is 0 Å². The second-order valence-electron chi connectivity index (χ2n) is 6.48. The topological polar surface area (TPSA) is 23.8 Å². The Morgan fingerprint density at radius 2 is 1.64 bits per heavy atom. The molecule has 1 nitrogen and oxygen atoms in total. The van der Waals surface area contributed by atoms with Crippen molar-refractivity contribution in [3.63, 3.8) is 0 Å². The Bertz CT molecular complexity index is 669. The van der Waals surface area contributed by atoms with Gasteiger partial charge in [-0.3, -0.25) is 0 Å². The Morgan fingerprint density at radius 1 is 1.14 bits per heavy atom. The van der Waals surface area contributed by atoms with Crippen molar-refractivity contribution in [1.29, 1.82) is 5.26 Å². The van der Waals surface area contributed by atoms with Crippen LogP contribution in [-0.4, -0.2) is 0 Å². The minimum absolute atomic E-state index is 0.0432. The molecular formula is C17H17F4N. The lowest BCUT2D eigenvalue weighted by Gasteiger charge is -2.10. The Kier molecular flexibility index (Phi) is 4.08. The first kappa shape index (κ1) is 16.5. The summed E-state index contributed by atoms with van der Waals surface area (Å²) in [5, 5.41) is 8.81. The van der Waals surface area contributed by atoms with E-state index in [-0.39, 0.29) is 23.7 Å². The van der Waals surface area contributed by atoms with Crippen LogP contribution < -0.4 is 0 Å². The molecule has 1 saturated carbocycles. The maximum absolute atomic E-state index is 13.9. The van der Waals surface area contributed by atoms with Crippen molar-refractivity contribution in [1.82, 2.24) is 0 Å². The Morgan fingerprint density at radius 3 is 2.09 bits per heavy atom. The van der Waals surface area contributed by atoms with Crippen LogP contribution in [0, 0.1) is 58.8 Å². The summed E-state index contributed by atoms with van der Waals surface area (Å²) in [6.45, 7) is 6.46. The third-order valence-electron chi connectivity index (χ3n) is 4.74. The van der Waals surface area contributed by atoms with Crippen LogP contribution in [0.4, 0.5) is 17.6 Å². The molecular weight excluding hydrogens is 294 g/mol. The van der Waals surface area contributed by atoms with Crippen LogP contribution in [0.2, 0.25) is 0 Å². The van der Waals surface area contributed by atoms with E-state index in [0.717, 1.165) is 6.92 Å². The molecule has 5 heteroatoms. The average Bonchev–Trinajstić information content (AvgIpc) is 2.98. The largest absolute Gasteiger partial charge is 0.203 e. The molecule has 1 fully saturated rings. The maximum atomic E-state index is 13.9. The van der Waals surface area contributed by atoms with Gasteiger partial charge in [0.25, 0.3) is 0 Å². The molecule has 0 heterocycles. The zero-order valence-corrected chi connectivity index (χ0v) is 12.9. The van der Waals surface area contributed by atoms with E-state index in [1.165, 1.54) is 0 Å². The van der Waals surface area contributed by atoms with Gasteiger partial charge in [-0.05, 0) is 37.5 Å². The molecule has 2 rings (SSSR count). The van der Waals surface area contributed by atoms with Gasteiger partial charge in [0.1, 0.15) is 0 Å². The monoisotopic (exact) mass is 311 g/mol. The van der Waals surface area contributed by atoms with Crippen LogP contribution in [0.3, 0.4) is 0 Å². The van der Waals surface area contributed by atoms with Crippen LogP contribution in [0.15, 0.2) is 11.6 Å². The molecule has 0 unspecified atom stereocenters. The van der Waals surface area contributed by atoms with E-state index >= 15 is 0 Å². The lowest BCUT2D eigenvalue weighted by molar-refractivity contribution is 0.422. The van der Waals surface area contributed by atoms with Gasteiger partial charge in [-0.25, -0.2) is 17.6 Å². The van der Waals surface area contributed by atoms with E-state index in [0.29, 0.717) is 5.57 Å². The molecule has 0 N–H and O–H groups in total. The van der Waals surface area contributed by atoms with E-state index in [2.05, 4.69) is 0 Å². The molecule has 22 heavy (non-hydrogen) atoms. The fraction of sp³-hybridized carbons (Fsp3) is 0.471. The van der Waals surface area contributed by atoms with Crippen molar-refractivity contribution in [2.45, 2.75) is 34.1 Å². The quantitative estimate of drug-likeness (QED) is 0.445. The van der Waals surface area contributed by atoms with Crippen LogP contribution >= 0.6 is 0 Å².